The van der Waals surface area contributed by atoms with Crippen molar-refractivity contribution in [3.05, 3.63) is 46.4 Å². The molecule has 0 unspecified atom stereocenters. The predicted molar refractivity (Wildman–Crippen MR) is 130 cm³/mol. The van der Waals surface area contributed by atoms with Crippen molar-refractivity contribution in [1.82, 2.24) is 20.7 Å². The van der Waals surface area contributed by atoms with Crippen LogP contribution < -0.4 is 16.2 Å². The first kappa shape index (κ1) is 26.5. The third-order valence-corrected chi connectivity index (χ3v) is 6.31. The smallest absolute Gasteiger partial charge is 0.337 e. The van der Waals surface area contributed by atoms with E-state index in [1.165, 1.54) is 11.3 Å². The number of hydrazine groups is 1. The van der Waals surface area contributed by atoms with Crippen molar-refractivity contribution in [3.8, 4) is 0 Å². The van der Waals surface area contributed by atoms with Gasteiger partial charge in [-0.3, -0.25) is 15.0 Å². The average molecular weight is 506 g/mol. The van der Waals surface area contributed by atoms with Crippen molar-refractivity contribution in [2.75, 3.05) is 58.6 Å². The Labute approximate surface area is 208 Å². The molecule has 11 nitrogen and oxygen atoms in total. The molecule has 1 aromatic heterocycles. The number of piperidine rings is 1. The Balaban J connectivity index is 1.34. The van der Waals surface area contributed by atoms with Gasteiger partial charge in [0.05, 0.1) is 31.4 Å². The lowest BCUT2D eigenvalue weighted by atomic mass is 9.97. The molecule has 0 aliphatic carbocycles. The van der Waals surface area contributed by atoms with Crippen molar-refractivity contribution in [3.63, 3.8) is 0 Å². The minimum absolute atomic E-state index is 0.0325. The second-order valence-electron chi connectivity index (χ2n) is 7.78. The lowest BCUT2D eigenvalue weighted by Crippen LogP contribution is -2.44. The van der Waals surface area contributed by atoms with Crippen LogP contribution in [-0.4, -0.2) is 81.0 Å². The van der Waals surface area contributed by atoms with Gasteiger partial charge in [-0.25, -0.2) is 15.2 Å². The van der Waals surface area contributed by atoms with Crippen LogP contribution in [0.1, 0.15) is 34.3 Å². The summed E-state index contributed by atoms with van der Waals surface area (Å²) in [4.78, 5) is 42.8. The number of benzene rings is 1. The second-order valence-corrected chi connectivity index (χ2v) is 8.67. The molecule has 3 N–H and O–H groups in total. The summed E-state index contributed by atoms with van der Waals surface area (Å²) in [6, 6.07) is 8.34. The monoisotopic (exact) mass is 505 g/mol. The maximum Gasteiger partial charge on any atom is 0.337 e. The molecule has 3 rings (SSSR count). The number of methoxy groups -OCH3 is 1. The van der Waals surface area contributed by atoms with E-state index in [-0.39, 0.29) is 24.1 Å². The van der Waals surface area contributed by atoms with E-state index in [1.807, 2.05) is 6.07 Å². The third-order valence-electron chi connectivity index (χ3n) is 5.30. The molecule has 0 saturated carbocycles. The zero-order valence-electron chi connectivity index (χ0n) is 19.7. The number of nitrogens with one attached hydrogen (secondary N) is 3. The SMILES string of the molecule is COCCOCCOCC(=O)N1CCC(c2nc(C(=O)NNC(=O)Nc3ccccc3)cs2)CC1. The molecule has 4 amide bonds. The average Bonchev–Trinajstić information content (AvgIpc) is 3.38. The lowest BCUT2D eigenvalue weighted by molar-refractivity contribution is -0.137. The summed E-state index contributed by atoms with van der Waals surface area (Å²) in [7, 11) is 1.61. The highest BCUT2D eigenvalue weighted by atomic mass is 32.1. The summed E-state index contributed by atoms with van der Waals surface area (Å²) in [5.74, 6) is -0.360. The van der Waals surface area contributed by atoms with Gasteiger partial charge in [-0.1, -0.05) is 18.2 Å². The van der Waals surface area contributed by atoms with Crippen molar-refractivity contribution in [2.45, 2.75) is 18.8 Å². The Bertz CT molecular complexity index is 949. The number of urea groups is 1. The predicted octanol–water partition coefficient (Wildman–Crippen LogP) is 2.00. The van der Waals surface area contributed by atoms with E-state index >= 15 is 0 Å². The fourth-order valence-electron chi connectivity index (χ4n) is 3.43. The van der Waals surface area contributed by atoms with Gasteiger partial charge >= 0.3 is 6.03 Å². The number of rotatable bonds is 11. The van der Waals surface area contributed by atoms with Crippen LogP contribution in [0.5, 0.6) is 0 Å². The molecule has 12 heteroatoms. The minimum Gasteiger partial charge on any atom is -0.382 e. The summed E-state index contributed by atoms with van der Waals surface area (Å²) >= 11 is 1.40. The number of thiazole rings is 1. The summed E-state index contributed by atoms with van der Waals surface area (Å²) in [5, 5.41) is 5.13. The van der Waals surface area contributed by atoms with E-state index in [0.29, 0.717) is 45.2 Å². The fourth-order valence-corrected chi connectivity index (χ4v) is 4.40. The molecule has 190 valence electrons. The number of anilines is 1. The number of amides is 4. The van der Waals surface area contributed by atoms with Gasteiger partial charge in [0.25, 0.3) is 5.91 Å². The maximum atomic E-state index is 12.3. The number of hydrogen-bond acceptors (Lipinski definition) is 8. The normalized spacial score (nSPS) is 13.9. The number of ether oxygens (including phenoxy) is 3. The fraction of sp³-hybridized carbons (Fsp3) is 0.478. The lowest BCUT2D eigenvalue weighted by Gasteiger charge is -2.31. The minimum atomic E-state index is -0.556. The quantitative estimate of drug-likeness (QED) is 0.314. The first-order chi connectivity index (χ1) is 17.1. The van der Waals surface area contributed by atoms with E-state index in [1.54, 1.807) is 41.7 Å². The van der Waals surface area contributed by atoms with E-state index in [9.17, 15) is 14.4 Å². The molecule has 0 bridgehead atoms. The van der Waals surface area contributed by atoms with Gasteiger partial charge < -0.3 is 24.4 Å². The molecule has 1 aliphatic rings. The molecule has 1 fully saturated rings. The number of carbonyl (C=O) groups excluding carboxylic acids is 3. The Hall–Kier alpha value is -3.06. The number of hydrogen-bond donors (Lipinski definition) is 3. The van der Waals surface area contributed by atoms with E-state index in [0.717, 1.165) is 17.8 Å². The molecule has 1 aromatic carbocycles. The topological polar surface area (TPSA) is 131 Å². The van der Waals surface area contributed by atoms with Crippen LogP contribution >= 0.6 is 11.3 Å². The highest BCUT2D eigenvalue weighted by Gasteiger charge is 2.26. The molecule has 35 heavy (non-hydrogen) atoms. The van der Waals surface area contributed by atoms with E-state index in [4.69, 9.17) is 14.2 Å². The van der Waals surface area contributed by atoms with E-state index < -0.39 is 11.9 Å². The first-order valence-corrected chi connectivity index (χ1v) is 12.2. The Morgan fingerprint density at radius 2 is 1.74 bits per heavy atom. The number of para-hydroxylation sites is 1. The third kappa shape index (κ3) is 8.91. The van der Waals surface area contributed by atoms with Crippen molar-refractivity contribution < 1.29 is 28.6 Å². The molecule has 1 aliphatic heterocycles. The molecule has 0 radical (unpaired) electrons. The van der Waals surface area contributed by atoms with Gasteiger partial charge in [0.2, 0.25) is 5.91 Å². The Kier molecular flexibility index (Phi) is 10.9. The number of carbonyl (C=O) groups is 3. The molecular weight excluding hydrogens is 474 g/mol. The van der Waals surface area contributed by atoms with Crippen LogP contribution in [-0.2, 0) is 19.0 Å². The standard InChI is InChI=1S/C23H31N5O6S/c1-32-11-12-33-13-14-34-15-20(29)28-9-7-17(8-10-28)22-25-19(16-35-22)21(30)26-27-23(31)24-18-5-3-2-4-6-18/h2-6,16-17H,7-15H2,1H3,(H,26,30)(H2,24,27,31). The number of likely N-dealkylation sites (tertiary alicyclic amines) is 1. The second kappa shape index (κ2) is 14.4. The Morgan fingerprint density at radius 3 is 2.49 bits per heavy atom. The maximum absolute atomic E-state index is 12.3. The highest BCUT2D eigenvalue weighted by Crippen LogP contribution is 2.30. The highest BCUT2D eigenvalue weighted by molar-refractivity contribution is 7.09. The van der Waals surface area contributed by atoms with Crippen LogP contribution in [0.25, 0.3) is 0 Å². The summed E-state index contributed by atoms with van der Waals surface area (Å²) in [6.07, 6.45) is 1.52. The van der Waals surface area contributed by atoms with Crippen molar-refractivity contribution in [1.29, 1.82) is 0 Å². The molecule has 0 atom stereocenters. The van der Waals surface area contributed by atoms with Crippen molar-refractivity contribution >= 4 is 34.9 Å². The molecule has 2 aromatic rings. The van der Waals surface area contributed by atoms with Gasteiger partial charge in [0.15, 0.2) is 0 Å². The largest absolute Gasteiger partial charge is 0.382 e. The Morgan fingerprint density at radius 1 is 1.03 bits per heavy atom. The zero-order valence-corrected chi connectivity index (χ0v) is 20.5. The van der Waals surface area contributed by atoms with Crippen molar-refractivity contribution in [2.24, 2.45) is 0 Å². The first-order valence-electron chi connectivity index (χ1n) is 11.4. The van der Waals surface area contributed by atoms with Gasteiger partial charge in [-0.15, -0.1) is 11.3 Å². The van der Waals surface area contributed by atoms with Gasteiger partial charge in [0.1, 0.15) is 12.3 Å². The van der Waals surface area contributed by atoms with E-state index in [2.05, 4.69) is 21.2 Å². The summed E-state index contributed by atoms with van der Waals surface area (Å²) in [5.41, 5.74) is 5.52. The molecule has 2 heterocycles. The van der Waals surface area contributed by atoms with Crippen LogP contribution in [0.2, 0.25) is 0 Å². The van der Waals surface area contributed by atoms with Crippen LogP contribution in [0.3, 0.4) is 0 Å². The molecular formula is C23H31N5O6S. The van der Waals surface area contributed by atoms with Crippen LogP contribution in [0, 0.1) is 0 Å². The van der Waals surface area contributed by atoms with Gasteiger partial charge in [-0.2, -0.15) is 0 Å². The van der Waals surface area contributed by atoms with Crippen LogP contribution in [0.4, 0.5) is 10.5 Å². The van der Waals surface area contributed by atoms with Gasteiger partial charge in [0, 0.05) is 37.2 Å². The zero-order chi connectivity index (χ0) is 24.9. The molecule has 1 saturated heterocycles. The summed E-state index contributed by atoms with van der Waals surface area (Å²) in [6.45, 7) is 3.07. The molecule has 0 spiro atoms. The van der Waals surface area contributed by atoms with Gasteiger partial charge in [-0.05, 0) is 25.0 Å². The van der Waals surface area contributed by atoms with Crippen LogP contribution in [0.15, 0.2) is 35.7 Å². The summed E-state index contributed by atoms with van der Waals surface area (Å²) < 4.78 is 15.6. The number of aromatic nitrogens is 1. The number of nitrogens with zero attached hydrogens (tertiary/aromatic N) is 2.